The summed E-state index contributed by atoms with van der Waals surface area (Å²) in [5, 5.41) is 9.29. The van der Waals surface area contributed by atoms with Crippen molar-refractivity contribution in [3.8, 4) is 5.88 Å². The van der Waals surface area contributed by atoms with E-state index < -0.39 is 22.9 Å². The summed E-state index contributed by atoms with van der Waals surface area (Å²) in [6.07, 6.45) is 2.30. The van der Waals surface area contributed by atoms with Gasteiger partial charge in [0, 0.05) is 6.61 Å². The van der Waals surface area contributed by atoms with Gasteiger partial charge >= 0.3 is 5.69 Å². The van der Waals surface area contributed by atoms with E-state index in [2.05, 4.69) is 0 Å². The summed E-state index contributed by atoms with van der Waals surface area (Å²) in [5.74, 6) is -1.71. The van der Waals surface area contributed by atoms with Crippen molar-refractivity contribution in [2.75, 3.05) is 13.2 Å². The Hall–Kier alpha value is -1.63. The van der Waals surface area contributed by atoms with Crippen molar-refractivity contribution in [2.45, 2.75) is 19.4 Å². The fraction of sp³-hybridized carbons (Fsp3) is 0.600. The first-order valence-electron chi connectivity index (χ1n) is 5.39. The number of hydrogen-bond acceptors (Lipinski definition) is 4. The highest BCUT2D eigenvalue weighted by Gasteiger charge is 2.21. The highest BCUT2D eigenvalue weighted by atomic mass is 19.1. The summed E-state index contributed by atoms with van der Waals surface area (Å²) in [4.78, 5) is 23.9. The molecule has 1 fully saturated rings. The molecule has 1 heterocycles. The van der Waals surface area contributed by atoms with Crippen LogP contribution in [0.25, 0.3) is 0 Å². The van der Waals surface area contributed by atoms with Crippen LogP contribution in [0.3, 0.4) is 0 Å². The Kier molecular flexibility index (Phi) is 3.28. The molecule has 1 aromatic heterocycles. The molecule has 17 heavy (non-hydrogen) atoms. The Labute approximate surface area is 95.7 Å². The third kappa shape index (κ3) is 2.73. The zero-order valence-corrected chi connectivity index (χ0v) is 9.11. The maximum atomic E-state index is 13.0. The first-order chi connectivity index (χ1) is 8.09. The number of H-pyrrole nitrogens is 1. The SMILES string of the molecule is O=c1[nH]c(=O)n(CCOCC2CC2)c(O)c1F. The van der Waals surface area contributed by atoms with Crippen LogP contribution in [0.5, 0.6) is 5.88 Å². The van der Waals surface area contributed by atoms with Crippen LogP contribution in [0.1, 0.15) is 12.8 Å². The standard InChI is InChI=1S/C10H13FN2O4/c11-7-8(14)12-10(16)13(9(7)15)3-4-17-5-6-1-2-6/h6,15H,1-5H2,(H,12,14,16). The van der Waals surface area contributed by atoms with Gasteiger partial charge in [-0.2, -0.15) is 4.39 Å². The van der Waals surface area contributed by atoms with Gasteiger partial charge in [-0.05, 0) is 18.8 Å². The number of nitrogens with one attached hydrogen (secondary N) is 1. The molecule has 6 nitrogen and oxygen atoms in total. The molecule has 0 aromatic carbocycles. The first-order valence-corrected chi connectivity index (χ1v) is 5.39. The minimum Gasteiger partial charge on any atom is -0.492 e. The number of hydrogen-bond donors (Lipinski definition) is 2. The Morgan fingerprint density at radius 3 is 2.82 bits per heavy atom. The summed E-state index contributed by atoms with van der Waals surface area (Å²) in [6, 6.07) is 0. The molecule has 94 valence electrons. The predicted molar refractivity (Wildman–Crippen MR) is 56.5 cm³/mol. The highest BCUT2D eigenvalue weighted by Crippen LogP contribution is 2.28. The number of halogens is 1. The largest absolute Gasteiger partial charge is 0.492 e. The van der Waals surface area contributed by atoms with Gasteiger partial charge in [0.15, 0.2) is 0 Å². The molecule has 2 N–H and O–H groups in total. The molecule has 0 aliphatic heterocycles. The van der Waals surface area contributed by atoms with E-state index in [1.807, 2.05) is 0 Å². The second kappa shape index (κ2) is 4.70. The van der Waals surface area contributed by atoms with Crippen LogP contribution in [-0.2, 0) is 11.3 Å². The molecule has 1 aliphatic carbocycles. The van der Waals surface area contributed by atoms with E-state index in [9.17, 15) is 19.1 Å². The average molecular weight is 244 g/mol. The highest BCUT2D eigenvalue weighted by molar-refractivity contribution is 5.09. The molecule has 1 aromatic rings. The average Bonchev–Trinajstić information content (AvgIpc) is 3.09. The van der Waals surface area contributed by atoms with Crippen molar-refractivity contribution in [3.63, 3.8) is 0 Å². The zero-order chi connectivity index (χ0) is 12.4. The molecular formula is C10H13FN2O4. The summed E-state index contributed by atoms with van der Waals surface area (Å²) >= 11 is 0. The molecule has 0 saturated heterocycles. The second-order valence-corrected chi connectivity index (χ2v) is 4.07. The molecule has 7 heteroatoms. The van der Waals surface area contributed by atoms with Crippen molar-refractivity contribution >= 4 is 0 Å². The van der Waals surface area contributed by atoms with Crippen LogP contribution >= 0.6 is 0 Å². The van der Waals surface area contributed by atoms with Gasteiger partial charge in [0.2, 0.25) is 11.7 Å². The van der Waals surface area contributed by atoms with Gasteiger partial charge in [-0.25, -0.2) is 4.79 Å². The van der Waals surface area contributed by atoms with E-state index in [1.165, 1.54) is 0 Å². The van der Waals surface area contributed by atoms with E-state index >= 15 is 0 Å². The van der Waals surface area contributed by atoms with Crippen molar-refractivity contribution in [1.82, 2.24) is 9.55 Å². The van der Waals surface area contributed by atoms with Crippen LogP contribution < -0.4 is 11.2 Å². The summed E-state index contributed by atoms with van der Waals surface area (Å²) in [5.41, 5.74) is -2.06. The molecular weight excluding hydrogens is 231 g/mol. The number of rotatable bonds is 5. The topological polar surface area (TPSA) is 84.3 Å². The van der Waals surface area contributed by atoms with Gasteiger partial charge in [0.25, 0.3) is 5.56 Å². The minimum atomic E-state index is -1.35. The lowest BCUT2D eigenvalue weighted by Crippen LogP contribution is -2.32. The van der Waals surface area contributed by atoms with Gasteiger partial charge < -0.3 is 9.84 Å². The van der Waals surface area contributed by atoms with Crippen molar-refractivity contribution in [2.24, 2.45) is 5.92 Å². The Balaban J connectivity index is 2.01. The molecule has 1 aliphatic rings. The maximum Gasteiger partial charge on any atom is 0.331 e. The number of nitrogens with zero attached hydrogens (tertiary/aromatic N) is 1. The lowest BCUT2D eigenvalue weighted by atomic mass is 10.5. The molecule has 1 saturated carbocycles. The van der Waals surface area contributed by atoms with E-state index in [4.69, 9.17) is 4.74 Å². The van der Waals surface area contributed by atoms with Crippen LogP contribution in [-0.4, -0.2) is 27.9 Å². The normalized spacial score (nSPS) is 15.1. The number of ether oxygens (including phenoxy) is 1. The Morgan fingerprint density at radius 2 is 2.18 bits per heavy atom. The van der Waals surface area contributed by atoms with Crippen molar-refractivity contribution < 1.29 is 14.2 Å². The minimum absolute atomic E-state index is 0.00505. The lowest BCUT2D eigenvalue weighted by Gasteiger charge is -2.08. The van der Waals surface area contributed by atoms with E-state index in [-0.39, 0.29) is 13.2 Å². The monoisotopic (exact) mass is 244 g/mol. The first kappa shape index (κ1) is 11.8. The molecule has 0 spiro atoms. The smallest absolute Gasteiger partial charge is 0.331 e. The third-order valence-corrected chi connectivity index (χ3v) is 2.63. The molecule has 0 unspecified atom stereocenters. The summed E-state index contributed by atoms with van der Waals surface area (Å²) in [6.45, 7) is 0.807. The van der Waals surface area contributed by atoms with Gasteiger partial charge in [-0.1, -0.05) is 0 Å². The maximum absolute atomic E-state index is 13.0. The van der Waals surface area contributed by atoms with E-state index in [0.29, 0.717) is 12.5 Å². The fourth-order valence-corrected chi connectivity index (χ4v) is 1.43. The van der Waals surface area contributed by atoms with Gasteiger partial charge in [0.1, 0.15) is 0 Å². The van der Waals surface area contributed by atoms with Crippen LogP contribution in [0, 0.1) is 11.7 Å². The third-order valence-electron chi connectivity index (χ3n) is 2.63. The molecule has 0 atom stereocenters. The summed E-state index contributed by atoms with van der Waals surface area (Å²) < 4.78 is 19.0. The van der Waals surface area contributed by atoms with Crippen molar-refractivity contribution in [3.05, 3.63) is 26.7 Å². The predicted octanol–water partition coefficient (Wildman–Crippen LogP) is -0.192. The van der Waals surface area contributed by atoms with Crippen LogP contribution in [0.4, 0.5) is 4.39 Å². The second-order valence-electron chi connectivity index (χ2n) is 4.07. The van der Waals surface area contributed by atoms with Crippen molar-refractivity contribution in [1.29, 1.82) is 0 Å². The fourth-order valence-electron chi connectivity index (χ4n) is 1.43. The van der Waals surface area contributed by atoms with Gasteiger partial charge in [0.05, 0.1) is 13.2 Å². The number of aromatic amines is 1. The van der Waals surface area contributed by atoms with Crippen LogP contribution in [0.2, 0.25) is 0 Å². The zero-order valence-electron chi connectivity index (χ0n) is 9.11. The van der Waals surface area contributed by atoms with E-state index in [1.54, 1.807) is 4.98 Å². The van der Waals surface area contributed by atoms with E-state index in [0.717, 1.165) is 17.4 Å². The molecule has 2 rings (SSSR count). The Bertz CT molecular complexity index is 518. The number of aromatic nitrogens is 2. The van der Waals surface area contributed by atoms with Gasteiger partial charge in [-0.15, -0.1) is 0 Å². The molecule has 0 amide bonds. The molecule has 0 bridgehead atoms. The van der Waals surface area contributed by atoms with Gasteiger partial charge in [-0.3, -0.25) is 14.3 Å². The Morgan fingerprint density at radius 1 is 1.47 bits per heavy atom. The quantitative estimate of drug-likeness (QED) is 0.703. The molecule has 0 radical (unpaired) electrons. The van der Waals surface area contributed by atoms with Crippen LogP contribution in [0.15, 0.2) is 9.59 Å². The number of aromatic hydroxyl groups is 1. The summed E-state index contributed by atoms with van der Waals surface area (Å²) in [7, 11) is 0. The lowest BCUT2D eigenvalue weighted by molar-refractivity contribution is 0.113.